The largest absolute Gasteiger partial charge is 0.379 e. The number of sulfone groups is 1. The highest BCUT2D eigenvalue weighted by Crippen LogP contribution is 2.28. The monoisotopic (exact) mass is 269 g/mol. The summed E-state index contributed by atoms with van der Waals surface area (Å²) < 4.78 is 29.4. The second kappa shape index (κ2) is 4.90. The lowest BCUT2D eigenvalue weighted by molar-refractivity contribution is 0.185. The van der Waals surface area contributed by atoms with Crippen molar-refractivity contribution in [1.29, 1.82) is 0 Å². The molecule has 1 fully saturated rings. The van der Waals surface area contributed by atoms with E-state index in [0.717, 1.165) is 6.42 Å². The summed E-state index contributed by atoms with van der Waals surface area (Å²) in [7, 11) is -3.20. The van der Waals surface area contributed by atoms with Crippen molar-refractivity contribution in [3.8, 4) is 0 Å². The molecule has 1 aliphatic rings. The van der Waals surface area contributed by atoms with Gasteiger partial charge in [0.1, 0.15) is 0 Å². The molecule has 1 aliphatic heterocycles. The number of rotatable bonds is 4. The van der Waals surface area contributed by atoms with E-state index < -0.39 is 9.84 Å². The topological polar surface area (TPSA) is 55.4 Å². The van der Waals surface area contributed by atoms with Crippen LogP contribution in [0.3, 0.4) is 0 Å². The van der Waals surface area contributed by atoms with Crippen molar-refractivity contribution >= 4 is 15.5 Å². The lowest BCUT2D eigenvalue weighted by Crippen LogP contribution is -2.35. The number of nitrogens with one attached hydrogen (secondary N) is 1. The third-order valence-corrected chi connectivity index (χ3v) is 5.04. The molecule has 1 atom stereocenters. The molecule has 1 N–H and O–H groups in total. The predicted molar refractivity (Wildman–Crippen MR) is 71.6 cm³/mol. The molecule has 0 saturated carbocycles. The van der Waals surface area contributed by atoms with Crippen LogP contribution < -0.4 is 5.32 Å². The summed E-state index contributed by atoms with van der Waals surface area (Å²) in [4.78, 5) is 0.376. The minimum Gasteiger partial charge on any atom is -0.379 e. The molecule has 0 radical (unpaired) electrons. The maximum atomic E-state index is 12.0. The van der Waals surface area contributed by atoms with Gasteiger partial charge in [-0.2, -0.15) is 0 Å². The maximum absolute atomic E-state index is 12.0. The first-order chi connectivity index (χ1) is 8.47. The van der Waals surface area contributed by atoms with Crippen LogP contribution in [0.2, 0.25) is 0 Å². The molecule has 5 heteroatoms. The number of hydrogen-bond acceptors (Lipinski definition) is 4. The van der Waals surface area contributed by atoms with E-state index in [2.05, 4.69) is 12.2 Å². The number of para-hydroxylation sites is 1. The number of hydrogen-bond donors (Lipinski definition) is 1. The third kappa shape index (κ3) is 2.67. The van der Waals surface area contributed by atoms with Gasteiger partial charge in [0, 0.05) is 6.61 Å². The van der Waals surface area contributed by atoms with Crippen LogP contribution in [-0.4, -0.2) is 32.9 Å². The van der Waals surface area contributed by atoms with Crippen LogP contribution in [0, 0.1) is 0 Å². The Balaban J connectivity index is 2.34. The Labute approximate surface area is 108 Å². The fraction of sp³-hybridized carbons (Fsp3) is 0.538. The molecule has 0 spiro atoms. The van der Waals surface area contributed by atoms with E-state index in [-0.39, 0.29) is 11.3 Å². The van der Waals surface area contributed by atoms with E-state index in [0.29, 0.717) is 23.8 Å². The van der Waals surface area contributed by atoms with Crippen LogP contribution >= 0.6 is 0 Å². The quantitative estimate of drug-likeness (QED) is 0.909. The molecule has 4 nitrogen and oxygen atoms in total. The number of ether oxygens (including phenoxy) is 1. The first-order valence-corrected chi connectivity index (χ1v) is 7.80. The van der Waals surface area contributed by atoms with Gasteiger partial charge in [-0.3, -0.25) is 0 Å². The molecule has 0 aromatic heterocycles. The highest BCUT2D eigenvalue weighted by atomic mass is 32.2. The SMILES string of the molecule is CCS(=O)(=O)c1ccccc1NC1(C)CCOC1. The van der Waals surface area contributed by atoms with Crippen LogP contribution in [0.5, 0.6) is 0 Å². The lowest BCUT2D eigenvalue weighted by atomic mass is 10.0. The van der Waals surface area contributed by atoms with E-state index in [1.54, 1.807) is 19.1 Å². The zero-order chi connectivity index (χ0) is 13.2. The Bertz CT molecular complexity index is 519. The van der Waals surface area contributed by atoms with Crippen molar-refractivity contribution in [3.05, 3.63) is 24.3 Å². The zero-order valence-electron chi connectivity index (χ0n) is 10.8. The smallest absolute Gasteiger partial charge is 0.180 e. The van der Waals surface area contributed by atoms with Crippen LogP contribution in [0.1, 0.15) is 20.3 Å². The highest BCUT2D eigenvalue weighted by Gasteiger charge is 2.31. The van der Waals surface area contributed by atoms with Crippen molar-refractivity contribution in [2.24, 2.45) is 0 Å². The van der Waals surface area contributed by atoms with Crippen molar-refractivity contribution in [1.82, 2.24) is 0 Å². The second-order valence-electron chi connectivity index (χ2n) is 4.89. The molecule has 18 heavy (non-hydrogen) atoms. The predicted octanol–water partition coefficient (Wildman–Crippen LogP) is 2.07. The number of anilines is 1. The molecule has 0 bridgehead atoms. The molecule has 2 rings (SSSR count). The molecule has 1 heterocycles. The molecular formula is C13H19NO3S. The molecule has 1 unspecified atom stereocenters. The minimum atomic E-state index is -3.20. The summed E-state index contributed by atoms with van der Waals surface area (Å²) in [6, 6.07) is 7.06. The van der Waals surface area contributed by atoms with Crippen LogP contribution in [0.25, 0.3) is 0 Å². The summed E-state index contributed by atoms with van der Waals surface area (Å²) in [5.74, 6) is 0.110. The van der Waals surface area contributed by atoms with E-state index >= 15 is 0 Å². The van der Waals surface area contributed by atoms with Gasteiger partial charge < -0.3 is 10.1 Å². The molecule has 1 aromatic rings. The number of benzene rings is 1. The summed E-state index contributed by atoms with van der Waals surface area (Å²) in [5.41, 5.74) is 0.492. The average molecular weight is 269 g/mol. The van der Waals surface area contributed by atoms with Gasteiger partial charge in [-0.15, -0.1) is 0 Å². The van der Waals surface area contributed by atoms with Gasteiger partial charge in [0.05, 0.1) is 28.5 Å². The van der Waals surface area contributed by atoms with Crippen LogP contribution in [0.4, 0.5) is 5.69 Å². The average Bonchev–Trinajstić information content (AvgIpc) is 2.76. The molecule has 0 aliphatic carbocycles. The fourth-order valence-corrected chi connectivity index (χ4v) is 3.14. The van der Waals surface area contributed by atoms with E-state index in [1.165, 1.54) is 0 Å². The van der Waals surface area contributed by atoms with Gasteiger partial charge in [-0.05, 0) is 25.5 Å². The van der Waals surface area contributed by atoms with Crippen molar-refractivity contribution in [2.75, 3.05) is 24.3 Å². The second-order valence-corrected chi connectivity index (χ2v) is 7.13. The van der Waals surface area contributed by atoms with E-state index in [4.69, 9.17) is 4.74 Å². The minimum absolute atomic E-state index is 0.110. The Morgan fingerprint density at radius 1 is 1.39 bits per heavy atom. The molecule has 100 valence electrons. The summed E-state index contributed by atoms with van der Waals surface area (Å²) in [5, 5.41) is 3.32. The van der Waals surface area contributed by atoms with Crippen LogP contribution in [-0.2, 0) is 14.6 Å². The normalized spacial score (nSPS) is 24.1. The molecule has 0 amide bonds. The van der Waals surface area contributed by atoms with Crippen molar-refractivity contribution in [3.63, 3.8) is 0 Å². The molecule has 1 saturated heterocycles. The Morgan fingerprint density at radius 3 is 2.72 bits per heavy atom. The summed E-state index contributed by atoms with van der Waals surface area (Å²) in [6.07, 6.45) is 0.882. The first kappa shape index (κ1) is 13.4. The standard InChI is InChI=1S/C13H19NO3S/c1-3-18(15,16)12-7-5-4-6-11(12)14-13(2)8-9-17-10-13/h4-7,14H,3,8-10H2,1-2H3. The van der Waals surface area contributed by atoms with Gasteiger partial charge in [0.15, 0.2) is 9.84 Å². The summed E-state index contributed by atoms with van der Waals surface area (Å²) in [6.45, 7) is 5.03. The molecule has 1 aromatic carbocycles. The summed E-state index contributed by atoms with van der Waals surface area (Å²) >= 11 is 0. The van der Waals surface area contributed by atoms with Crippen LogP contribution in [0.15, 0.2) is 29.2 Å². The molecular weight excluding hydrogens is 250 g/mol. The lowest BCUT2D eigenvalue weighted by Gasteiger charge is -2.26. The van der Waals surface area contributed by atoms with Gasteiger partial charge in [-0.1, -0.05) is 19.1 Å². The van der Waals surface area contributed by atoms with E-state index in [9.17, 15) is 8.42 Å². The van der Waals surface area contributed by atoms with Gasteiger partial charge >= 0.3 is 0 Å². The first-order valence-electron chi connectivity index (χ1n) is 6.15. The third-order valence-electron chi connectivity index (χ3n) is 3.26. The van der Waals surface area contributed by atoms with E-state index in [1.807, 2.05) is 12.1 Å². The van der Waals surface area contributed by atoms with Gasteiger partial charge in [-0.25, -0.2) is 8.42 Å². The highest BCUT2D eigenvalue weighted by molar-refractivity contribution is 7.91. The van der Waals surface area contributed by atoms with Crippen molar-refractivity contribution < 1.29 is 13.2 Å². The Hall–Kier alpha value is -1.07. The van der Waals surface area contributed by atoms with Crippen molar-refractivity contribution in [2.45, 2.75) is 30.7 Å². The Morgan fingerprint density at radius 2 is 2.11 bits per heavy atom. The maximum Gasteiger partial charge on any atom is 0.180 e. The van der Waals surface area contributed by atoms with Gasteiger partial charge in [0.2, 0.25) is 0 Å². The Kier molecular flexibility index (Phi) is 3.64. The zero-order valence-corrected chi connectivity index (χ0v) is 11.6. The van der Waals surface area contributed by atoms with Gasteiger partial charge in [0.25, 0.3) is 0 Å². The fourth-order valence-electron chi connectivity index (χ4n) is 2.09.